The van der Waals surface area contributed by atoms with Crippen LogP contribution in [0.3, 0.4) is 0 Å². The first-order valence-electron chi connectivity index (χ1n) is 11.0. The first-order chi connectivity index (χ1) is 16.9. The van der Waals surface area contributed by atoms with Gasteiger partial charge in [-0.15, -0.1) is 0 Å². The average molecular weight is 563 g/mol. The molecule has 2 rings (SSSR count). The van der Waals surface area contributed by atoms with Crippen molar-refractivity contribution in [2.75, 3.05) is 6.61 Å². The Balaban J connectivity index is 0.000000371. The largest absolute Gasteiger partial charge is 0.465 e. The molecule has 0 heterocycles. The number of sulfone groups is 2. The molecule has 0 radical (unpaired) electrons. The number of halogens is 2. The Bertz CT molecular complexity index is 1290. The summed E-state index contributed by atoms with van der Waals surface area (Å²) in [4.78, 5) is 23.1. The van der Waals surface area contributed by atoms with E-state index in [0.29, 0.717) is 11.1 Å². The molecule has 3 N–H and O–H groups in total. The second-order valence-corrected chi connectivity index (χ2v) is 14.1. The molecule has 0 bridgehead atoms. The van der Waals surface area contributed by atoms with Gasteiger partial charge in [-0.25, -0.2) is 31.5 Å². The van der Waals surface area contributed by atoms with Crippen molar-refractivity contribution in [3.8, 4) is 0 Å². The third-order valence-corrected chi connectivity index (χ3v) is 10.4. The maximum atomic E-state index is 12.8. The van der Waals surface area contributed by atoms with E-state index >= 15 is 0 Å². The van der Waals surface area contributed by atoms with Crippen LogP contribution in [0.2, 0.25) is 0 Å². The van der Waals surface area contributed by atoms with Crippen molar-refractivity contribution >= 4 is 31.6 Å². The fourth-order valence-electron chi connectivity index (χ4n) is 2.71. The van der Waals surface area contributed by atoms with Crippen molar-refractivity contribution in [3.05, 3.63) is 71.3 Å². The Morgan fingerprint density at radius 1 is 0.784 bits per heavy atom. The Morgan fingerprint density at radius 2 is 1.14 bits per heavy atom. The van der Waals surface area contributed by atoms with Gasteiger partial charge in [0.15, 0.2) is 24.4 Å². The van der Waals surface area contributed by atoms with E-state index in [4.69, 9.17) is 10.6 Å². The van der Waals surface area contributed by atoms with E-state index in [9.17, 15) is 35.2 Å². The zero-order chi connectivity index (χ0) is 28.7. The van der Waals surface area contributed by atoms with Gasteiger partial charge in [0.2, 0.25) is 0 Å². The van der Waals surface area contributed by atoms with E-state index in [1.54, 1.807) is 6.92 Å². The van der Waals surface area contributed by atoms with Crippen LogP contribution >= 0.6 is 0 Å². The van der Waals surface area contributed by atoms with Crippen molar-refractivity contribution in [1.29, 1.82) is 0 Å². The molecule has 0 aliphatic rings. The molecule has 2 aromatic rings. The number of benzene rings is 2. The third kappa shape index (κ3) is 8.30. The predicted octanol–water partition coefficient (Wildman–Crippen LogP) is 2.59. The summed E-state index contributed by atoms with van der Waals surface area (Å²) in [7, 11) is -7.50. The Kier molecular flexibility index (Phi) is 10.9. The summed E-state index contributed by atoms with van der Waals surface area (Å²) in [5.74, 6) is 1.81. The van der Waals surface area contributed by atoms with E-state index in [1.807, 2.05) is 5.43 Å². The SMILES string of the molecule is CC(C)(C(=O)NN)S(=O)(=O)Cc1ccc(F)cc1.CCOC(=O)C(C)(C)S(=O)(=O)Cc1ccc(F)cc1. The highest BCUT2D eigenvalue weighted by molar-refractivity contribution is 7.93. The summed E-state index contributed by atoms with van der Waals surface area (Å²) in [5, 5.41) is 0. The molecule has 0 saturated heterocycles. The molecular formula is C24H32F2N2O7S2. The molecule has 0 saturated carbocycles. The number of nitrogens with one attached hydrogen (secondary N) is 1. The van der Waals surface area contributed by atoms with Crippen molar-refractivity contribution < 1.29 is 39.9 Å². The number of carbonyl (C=O) groups excluding carboxylic acids is 2. The summed E-state index contributed by atoms with van der Waals surface area (Å²) in [6.07, 6.45) is 0. The van der Waals surface area contributed by atoms with Gasteiger partial charge in [0.05, 0.1) is 18.1 Å². The van der Waals surface area contributed by atoms with Crippen LogP contribution in [0.4, 0.5) is 8.78 Å². The van der Waals surface area contributed by atoms with Crippen LogP contribution in [0.25, 0.3) is 0 Å². The van der Waals surface area contributed by atoms with E-state index in [0.717, 1.165) is 0 Å². The fraction of sp³-hybridized carbons (Fsp3) is 0.417. The quantitative estimate of drug-likeness (QED) is 0.205. The highest BCUT2D eigenvalue weighted by Crippen LogP contribution is 2.24. The summed E-state index contributed by atoms with van der Waals surface area (Å²) < 4.78 is 75.6. The van der Waals surface area contributed by atoms with Crippen molar-refractivity contribution in [2.24, 2.45) is 5.84 Å². The summed E-state index contributed by atoms with van der Waals surface area (Å²) >= 11 is 0. The van der Waals surface area contributed by atoms with Crippen LogP contribution < -0.4 is 11.3 Å². The second-order valence-electron chi connectivity index (χ2n) is 8.99. The third-order valence-electron chi connectivity index (χ3n) is 5.54. The lowest BCUT2D eigenvalue weighted by Gasteiger charge is -2.22. The summed E-state index contributed by atoms with van der Waals surface area (Å²) in [6, 6.07) is 10.2. The molecule has 0 aromatic heterocycles. The lowest BCUT2D eigenvalue weighted by atomic mass is 10.2. The van der Waals surface area contributed by atoms with Crippen LogP contribution in [0.15, 0.2) is 48.5 Å². The fourth-order valence-corrected chi connectivity index (χ4v) is 5.35. The maximum absolute atomic E-state index is 12.8. The minimum absolute atomic E-state index is 0.119. The Labute approximate surface area is 216 Å². The second kappa shape index (κ2) is 12.6. The van der Waals surface area contributed by atoms with Crippen LogP contribution in [-0.4, -0.2) is 44.8 Å². The highest BCUT2D eigenvalue weighted by atomic mass is 32.2. The number of hydrogen-bond acceptors (Lipinski definition) is 8. The van der Waals surface area contributed by atoms with Gasteiger partial charge in [-0.3, -0.25) is 15.0 Å². The van der Waals surface area contributed by atoms with Crippen molar-refractivity contribution in [1.82, 2.24) is 5.43 Å². The lowest BCUT2D eigenvalue weighted by molar-refractivity contribution is -0.145. The minimum Gasteiger partial charge on any atom is -0.465 e. The Hall–Kier alpha value is -2.90. The molecule has 13 heteroatoms. The molecule has 0 fully saturated rings. The zero-order valence-electron chi connectivity index (χ0n) is 21.2. The molecule has 206 valence electrons. The van der Waals surface area contributed by atoms with Gasteiger partial charge < -0.3 is 4.74 Å². The van der Waals surface area contributed by atoms with Gasteiger partial charge in [0.1, 0.15) is 16.4 Å². The lowest BCUT2D eigenvalue weighted by Crippen LogP contribution is -2.50. The monoisotopic (exact) mass is 562 g/mol. The number of nitrogens with two attached hydrogens (primary N) is 1. The number of ether oxygens (including phenoxy) is 1. The molecule has 0 atom stereocenters. The molecule has 0 aliphatic carbocycles. The molecule has 2 aromatic carbocycles. The van der Waals surface area contributed by atoms with Crippen LogP contribution in [0.1, 0.15) is 45.7 Å². The number of carbonyl (C=O) groups is 2. The van der Waals surface area contributed by atoms with Crippen LogP contribution in [0.5, 0.6) is 0 Å². The van der Waals surface area contributed by atoms with E-state index in [2.05, 4.69) is 0 Å². The Morgan fingerprint density at radius 3 is 1.46 bits per heavy atom. The first-order valence-corrected chi connectivity index (χ1v) is 14.3. The number of esters is 1. The first kappa shape index (κ1) is 32.1. The average Bonchev–Trinajstić information content (AvgIpc) is 2.81. The molecular weight excluding hydrogens is 530 g/mol. The molecule has 1 amide bonds. The smallest absolute Gasteiger partial charge is 0.326 e. The predicted molar refractivity (Wildman–Crippen MR) is 135 cm³/mol. The van der Waals surface area contributed by atoms with Gasteiger partial charge in [-0.05, 0) is 70.0 Å². The highest BCUT2D eigenvalue weighted by Gasteiger charge is 2.43. The van der Waals surface area contributed by atoms with Crippen molar-refractivity contribution in [2.45, 2.75) is 55.6 Å². The van der Waals surface area contributed by atoms with Crippen LogP contribution in [0, 0.1) is 11.6 Å². The topological polar surface area (TPSA) is 150 Å². The molecule has 0 spiro atoms. The number of amides is 1. The number of hydrogen-bond donors (Lipinski definition) is 2. The van der Waals surface area contributed by atoms with Gasteiger partial charge in [-0.2, -0.15) is 0 Å². The van der Waals surface area contributed by atoms with Gasteiger partial charge in [0, 0.05) is 0 Å². The molecule has 37 heavy (non-hydrogen) atoms. The zero-order valence-corrected chi connectivity index (χ0v) is 22.9. The summed E-state index contributed by atoms with van der Waals surface area (Å²) in [5.41, 5.74) is 2.67. The van der Waals surface area contributed by atoms with E-state index in [1.165, 1.54) is 76.2 Å². The van der Waals surface area contributed by atoms with Crippen LogP contribution in [-0.2, 0) is 45.5 Å². The van der Waals surface area contributed by atoms with E-state index < -0.39 is 52.7 Å². The molecule has 9 nitrogen and oxygen atoms in total. The standard InChI is InChI=1S/C13H17FO4S.C11H15FN2O3S/c1-4-18-12(15)13(2,3)19(16,17)9-10-5-7-11(14)8-6-10;1-11(2,10(15)14-13)18(16,17)7-8-3-5-9(12)6-4-8/h5-8H,4,9H2,1-3H3;3-6H,7,13H2,1-2H3,(H,14,15). The molecule has 0 unspecified atom stereocenters. The minimum atomic E-state index is -3.75. The molecule has 0 aliphatic heterocycles. The van der Waals surface area contributed by atoms with Gasteiger partial charge >= 0.3 is 5.97 Å². The normalized spacial score (nSPS) is 12.2. The van der Waals surface area contributed by atoms with E-state index in [-0.39, 0.29) is 18.1 Å². The van der Waals surface area contributed by atoms with Gasteiger partial charge in [0.25, 0.3) is 5.91 Å². The summed E-state index contributed by atoms with van der Waals surface area (Å²) in [6.45, 7) is 6.89. The van der Waals surface area contributed by atoms with Gasteiger partial charge in [-0.1, -0.05) is 24.3 Å². The maximum Gasteiger partial charge on any atom is 0.326 e. The number of rotatable bonds is 9. The van der Waals surface area contributed by atoms with Crippen molar-refractivity contribution in [3.63, 3.8) is 0 Å². The number of hydrazine groups is 1.